The van der Waals surface area contributed by atoms with Gasteiger partial charge in [0.15, 0.2) is 5.16 Å². The molecule has 4 heteroatoms. The molecule has 19 heavy (non-hydrogen) atoms. The van der Waals surface area contributed by atoms with E-state index in [1.807, 2.05) is 0 Å². The molecule has 0 spiro atoms. The summed E-state index contributed by atoms with van der Waals surface area (Å²) in [6.45, 7) is 9.74. The zero-order valence-corrected chi connectivity index (χ0v) is 13.0. The predicted octanol–water partition coefficient (Wildman–Crippen LogP) is 3.74. The number of benzene rings is 1. The molecule has 0 fully saturated rings. The van der Waals surface area contributed by atoms with Gasteiger partial charge >= 0.3 is 0 Å². The van der Waals surface area contributed by atoms with Crippen molar-refractivity contribution in [2.24, 2.45) is 0 Å². The van der Waals surface area contributed by atoms with Gasteiger partial charge in [0, 0.05) is 11.3 Å². The molecule has 0 aliphatic heterocycles. The van der Waals surface area contributed by atoms with Crippen molar-refractivity contribution in [1.82, 2.24) is 15.3 Å². The molecular formula is C15H23N3S. The quantitative estimate of drug-likeness (QED) is 0.646. The van der Waals surface area contributed by atoms with Crippen LogP contribution in [0.5, 0.6) is 0 Å². The fraction of sp³-hybridized carbons (Fsp3) is 0.533. The summed E-state index contributed by atoms with van der Waals surface area (Å²) in [5.74, 6) is 1.09. The number of fused-ring (bicyclic) bond motifs is 1. The monoisotopic (exact) mass is 277 g/mol. The Hall–Kier alpha value is -1.00. The van der Waals surface area contributed by atoms with Crippen molar-refractivity contribution in [3.63, 3.8) is 0 Å². The molecular weight excluding hydrogens is 254 g/mol. The molecule has 2 N–H and O–H groups in total. The van der Waals surface area contributed by atoms with Gasteiger partial charge in [-0.15, -0.1) is 0 Å². The molecule has 0 atom stereocenters. The molecule has 0 aliphatic rings. The van der Waals surface area contributed by atoms with Gasteiger partial charge in [0.1, 0.15) is 0 Å². The summed E-state index contributed by atoms with van der Waals surface area (Å²) in [7, 11) is 0. The van der Waals surface area contributed by atoms with E-state index in [0.717, 1.165) is 34.9 Å². The first-order chi connectivity index (χ1) is 8.94. The van der Waals surface area contributed by atoms with E-state index in [0.29, 0.717) is 0 Å². The Labute approximate surface area is 119 Å². The molecule has 2 aromatic rings. The maximum absolute atomic E-state index is 4.59. The lowest BCUT2D eigenvalue weighted by molar-refractivity contribution is 0.427. The van der Waals surface area contributed by atoms with Crippen molar-refractivity contribution < 1.29 is 0 Å². The molecule has 0 bridgehead atoms. The van der Waals surface area contributed by atoms with Gasteiger partial charge in [-0.3, -0.25) is 0 Å². The lowest BCUT2D eigenvalue weighted by Gasteiger charge is -2.20. The van der Waals surface area contributed by atoms with Crippen LogP contribution in [-0.4, -0.2) is 27.8 Å². The van der Waals surface area contributed by atoms with Crippen LogP contribution in [0.4, 0.5) is 0 Å². The Bertz CT molecular complexity index is 540. The van der Waals surface area contributed by atoms with Crippen LogP contribution in [0.1, 0.15) is 32.8 Å². The van der Waals surface area contributed by atoms with E-state index in [-0.39, 0.29) is 5.54 Å². The van der Waals surface area contributed by atoms with Crippen molar-refractivity contribution in [2.45, 2.75) is 44.8 Å². The molecule has 1 heterocycles. The maximum Gasteiger partial charge on any atom is 0.166 e. The van der Waals surface area contributed by atoms with Gasteiger partial charge in [0.2, 0.25) is 0 Å². The predicted molar refractivity (Wildman–Crippen MR) is 83.9 cm³/mol. The highest BCUT2D eigenvalue weighted by molar-refractivity contribution is 7.99. The summed E-state index contributed by atoms with van der Waals surface area (Å²) in [5, 5.41) is 4.52. The highest BCUT2D eigenvalue weighted by Crippen LogP contribution is 2.20. The molecule has 1 aromatic carbocycles. The second-order valence-electron chi connectivity index (χ2n) is 5.94. The molecule has 3 nitrogen and oxygen atoms in total. The Morgan fingerprint density at radius 3 is 2.84 bits per heavy atom. The van der Waals surface area contributed by atoms with Gasteiger partial charge in [0.25, 0.3) is 0 Å². The van der Waals surface area contributed by atoms with E-state index < -0.39 is 0 Å². The summed E-state index contributed by atoms with van der Waals surface area (Å²) in [4.78, 5) is 7.96. The average Bonchev–Trinajstić information content (AvgIpc) is 2.68. The van der Waals surface area contributed by atoms with Gasteiger partial charge in [-0.2, -0.15) is 0 Å². The number of hydrogen-bond acceptors (Lipinski definition) is 3. The molecule has 1 aromatic heterocycles. The van der Waals surface area contributed by atoms with E-state index in [1.54, 1.807) is 11.8 Å². The van der Waals surface area contributed by atoms with Crippen molar-refractivity contribution >= 4 is 22.8 Å². The minimum Gasteiger partial charge on any atom is -0.333 e. The number of aromatic nitrogens is 2. The standard InChI is InChI=1S/C15H23N3S/c1-11-6-7-12-13(10-11)18-14(17-12)19-9-5-8-16-15(2,3)4/h6-7,10,16H,5,8-9H2,1-4H3,(H,17,18). The Morgan fingerprint density at radius 1 is 1.32 bits per heavy atom. The number of thioether (sulfide) groups is 1. The zero-order chi connectivity index (χ0) is 13.9. The smallest absolute Gasteiger partial charge is 0.166 e. The minimum atomic E-state index is 0.210. The van der Waals surface area contributed by atoms with Crippen LogP contribution in [0.2, 0.25) is 0 Å². The van der Waals surface area contributed by atoms with E-state index in [9.17, 15) is 0 Å². The second kappa shape index (κ2) is 5.97. The first kappa shape index (κ1) is 14.4. The third kappa shape index (κ3) is 4.55. The molecule has 2 rings (SSSR count). The Morgan fingerprint density at radius 2 is 2.11 bits per heavy atom. The van der Waals surface area contributed by atoms with Gasteiger partial charge in [0.05, 0.1) is 11.0 Å². The van der Waals surface area contributed by atoms with E-state index in [4.69, 9.17) is 0 Å². The number of rotatable bonds is 5. The first-order valence-electron chi connectivity index (χ1n) is 6.78. The fourth-order valence-electron chi connectivity index (χ4n) is 1.87. The first-order valence-corrected chi connectivity index (χ1v) is 7.77. The van der Waals surface area contributed by atoms with Crippen molar-refractivity contribution in [3.8, 4) is 0 Å². The molecule has 0 saturated carbocycles. The maximum atomic E-state index is 4.59. The summed E-state index contributed by atoms with van der Waals surface area (Å²) < 4.78 is 0. The van der Waals surface area contributed by atoms with Crippen LogP contribution in [0.3, 0.4) is 0 Å². The number of imidazole rings is 1. The van der Waals surface area contributed by atoms with Gasteiger partial charge in [-0.25, -0.2) is 4.98 Å². The average molecular weight is 277 g/mol. The highest BCUT2D eigenvalue weighted by atomic mass is 32.2. The van der Waals surface area contributed by atoms with Crippen molar-refractivity contribution in [2.75, 3.05) is 12.3 Å². The number of nitrogens with zero attached hydrogens (tertiary/aromatic N) is 1. The van der Waals surface area contributed by atoms with Gasteiger partial charge < -0.3 is 10.3 Å². The largest absolute Gasteiger partial charge is 0.333 e. The molecule has 0 saturated heterocycles. The summed E-state index contributed by atoms with van der Waals surface area (Å²) >= 11 is 1.80. The van der Waals surface area contributed by atoms with Crippen LogP contribution in [0.15, 0.2) is 23.4 Å². The number of H-pyrrole nitrogens is 1. The van der Waals surface area contributed by atoms with Crippen LogP contribution in [0.25, 0.3) is 11.0 Å². The SMILES string of the molecule is Cc1ccc2nc(SCCCNC(C)(C)C)[nH]c2c1. The number of aromatic amines is 1. The Kier molecular flexibility index (Phi) is 4.53. The number of nitrogens with one attached hydrogen (secondary N) is 2. The van der Waals surface area contributed by atoms with E-state index in [1.165, 1.54) is 5.56 Å². The zero-order valence-electron chi connectivity index (χ0n) is 12.2. The van der Waals surface area contributed by atoms with E-state index in [2.05, 4.69) is 61.2 Å². The third-order valence-corrected chi connectivity index (χ3v) is 3.79. The summed E-state index contributed by atoms with van der Waals surface area (Å²) in [5.41, 5.74) is 3.67. The summed E-state index contributed by atoms with van der Waals surface area (Å²) in [6.07, 6.45) is 1.15. The minimum absolute atomic E-state index is 0.210. The number of hydrogen-bond donors (Lipinski definition) is 2. The fourth-order valence-corrected chi connectivity index (χ4v) is 2.70. The lowest BCUT2D eigenvalue weighted by atomic mass is 10.1. The Balaban J connectivity index is 1.82. The topological polar surface area (TPSA) is 40.7 Å². The molecule has 0 unspecified atom stereocenters. The van der Waals surface area contributed by atoms with Crippen molar-refractivity contribution in [1.29, 1.82) is 0 Å². The van der Waals surface area contributed by atoms with Crippen LogP contribution in [-0.2, 0) is 0 Å². The highest BCUT2D eigenvalue weighted by Gasteiger charge is 2.07. The van der Waals surface area contributed by atoms with Crippen LogP contribution < -0.4 is 5.32 Å². The summed E-state index contributed by atoms with van der Waals surface area (Å²) in [6, 6.07) is 6.32. The molecule has 0 amide bonds. The molecule has 104 valence electrons. The van der Waals surface area contributed by atoms with Crippen LogP contribution in [0, 0.1) is 6.92 Å². The van der Waals surface area contributed by atoms with Crippen LogP contribution >= 0.6 is 11.8 Å². The normalized spacial score (nSPS) is 12.2. The van der Waals surface area contributed by atoms with Crippen molar-refractivity contribution in [3.05, 3.63) is 23.8 Å². The third-order valence-electron chi connectivity index (χ3n) is 2.83. The second-order valence-corrected chi connectivity index (χ2v) is 7.02. The molecule has 0 aliphatic carbocycles. The number of aryl methyl sites for hydroxylation is 1. The lowest BCUT2D eigenvalue weighted by Crippen LogP contribution is -2.36. The van der Waals surface area contributed by atoms with Gasteiger partial charge in [-0.05, 0) is 58.4 Å². The van der Waals surface area contributed by atoms with E-state index >= 15 is 0 Å². The molecule has 0 radical (unpaired) electrons. The van der Waals surface area contributed by atoms with Gasteiger partial charge in [-0.1, -0.05) is 17.8 Å².